The zero-order valence-corrected chi connectivity index (χ0v) is 17.3. The summed E-state index contributed by atoms with van der Waals surface area (Å²) in [5.74, 6) is 0.614. The van der Waals surface area contributed by atoms with Crippen molar-refractivity contribution < 1.29 is 10.2 Å². The molecule has 0 saturated heterocycles. The van der Waals surface area contributed by atoms with Crippen LogP contribution in [0.2, 0.25) is 10.0 Å². The Morgan fingerprint density at radius 3 is 2.48 bits per heavy atom. The summed E-state index contributed by atoms with van der Waals surface area (Å²) < 4.78 is 1.74. The smallest absolute Gasteiger partial charge is 0.152 e. The number of benzene rings is 1. The van der Waals surface area contributed by atoms with Crippen molar-refractivity contribution in [3.8, 4) is 11.1 Å². The van der Waals surface area contributed by atoms with Gasteiger partial charge in [0, 0.05) is 11.8 Å². The van der Waals surface area contributed by atoms with Gasteiger partial charge in [-0.2, -0.15) is 0 Å². The SMILES string of the molecule is CC(C)(O)Cn1c(CO)nc2c(N)nc3cc(-c4ccc(Cl)c(Cl)c4)cnc3c21. The maximum atomic E-state index is 10.3. The highest BCUT2D eigenvalue weighted by Gasteiger charge is 2.23. The molecule has 3 heterocycles. The lowest BCUT2D eigenvalue weighted by Crippen LogP contribution is -2.27. The molecule has 4 rings (SSSR count). The lowest BCUT2D eigenvalue weighted by Gasteiger charge is -2.20. The van der Waals surface area contributed by atoms with Gasteiger partial charge < -0.3 is 20.5 Å². The van der Waals surface area contributed by atoms with Crippen LogP contribution in [0.15, 0.2) is 30.5 Å². The van der Waals surface area contributed by atoms with Gasteiger partial charge in [0.05, 0.1) is 27.7 Å². The van der Waals surface area contributed by atoms with Crippen molar-refractivity contribution in [2.45, 2.75) is 32.6 Å². The number of anilines is 1. The average Bonchev–Trinajstić information content (AvgIpc) is 3.01. The van der Waals surface area contributed by atoms with E-state index in [1.165, 1.54) is 0 Å². The summed E-state index contributed by atoms with van der Waals surface area (Å²) in [6.07, 6.45) is 1.71. The number of aliphatic hydroxyl groups is 2. The third-order valence-electron chi connectivity index (χ3n) is 4.56. The van der Waals surface area contributed by atoms with Gasteiger partial charge in [0.1, 0.15) is 29.0 Å². The molecule has 0 aliphatic carbocycles. The van der Waals surface area contributed by atoms with E-state index in [-0.39, 0.29) is 19.0 Å². The lowest BCUT2D eigenvalue weighted by molar-refractivity contribution is 0.0607. The number of hydrogen-bond acceptors (Lipinski definition) is 6. The molecule has 0 radical (unpaired) electrons. The largest absolute Gasteiger partial charge is 0.389 e. The Labute approximate surface area is 176 Å². The molecule has 9 heteroatoms. The zero-order chi connectivity index (χ0) is 20.9. The zero-order valence-electron chi connectivity index (χ0n) is 15.8. The molecule has 7 nitrogen and oxygen atoms in total. The molecule has 0 spiro atoms. The van der Waals surface area contributed by atoms with E-state index in [0.29, 0.717) is 37.9 Å². The molecule has 4 N–H and O–H groups in total. The lowest BCUT2D eigenvalue weighted by atomic mass is 10.1. The van der Waals surface area contributed by atoms with Crippen LogP contribution in [-0.4, -0.2) is 35.3 Å². The Bertz CT molecular complexity index is 1250. The summed E-state index contributed by atoms with van der Waals surface area (Å²) in [5, 5.41) is 21.0. The standard InChI is InChI=1S/C20H19Cl2N5O2/c1-20(2,29)9-27-15(8-28)26-17-18(27)16-14(25-19(17)23)6-11(7-24-16)10-3-4-12(21)13(22)5-10/h3-7,28-29H,8-9H2,1-2H3,(H2,23,25). The molecule has 0 saturated carbocycles. The first-order valence-electron chi connectivity index (χ1n) is 8.91. The summed E-state index contributed by atoms with van der Waals surface area (Å²) in [6, 6.07) is 7.19. The minimum atomic E-state index is -1.03. The predicted molar refractivity (Wildman–Crippen MR) is 115 cm³/mol. The number of aliphatic hydroxyl groups excluding tert-OH is 1. The normalized spacial score (nSPS) is 12.2. The van der Waals surface area contributed by atoms with Crippen molar-refractivity contribution in [3.05, 3.63) is 46.3 Å². The number of aromatic nitrogens is 4. The number of halogens is 2. The quantitative estimate of drug-likeness (QED) is 0.453. The van der Waals surface area contributed by atoms with Crippen molar-refractivity contribution in [3.63, 3.8) is 0 Å². The Hall–Kier alpha value is -2.45. The van der Waals surface area contributed by atoms with Crippen LogP contribution in [0.3, 0.4) is 0 Å². The van der Waals surface area contributed by atoms with Crippen LogP contribution in [-0.2, 0) is 13.2 Å². The highest BCUT2D eigenvalue weighted by Crippen LogP contribution is 2.33. The number of nitrogen functional groups attached to an aromatic ring is 1. The van der Waals surface area contributed by atoms with E-state index in [1.807, 2.05) is 12.1 Å². The number of fused-ring (bicyclic) bond motifs is 3. The highest BCUT2D eigenvalue weighted by molar-refractivity contribution is 6.42. The van der Waals surface area contributed by atoms with Crippen LogP contribution >= 0.6 is 23.2 Å². The van der Waals surface area contributed by atoms with E-state index in [2.05, 4.69) is 15.0 Å². The van der Waals surface area contributed by atoms with E-state index in [0.717, 1.165) is 11.1 Å². The van der Waals surface area contributed by atoms with E-state index < -0.39 is 5.60 Å². The van der Waals surface area contributed by atoms with Gasteiger partial charge in [-0.1, -0.05) is 29.3 Å². The monoisotopic (exact) mass is 431 g/mol. The third kappa shape index (κ3) is 3.62. The van der Waals surface area contributed by atoms with Crippen LogP contribution < -0.4 is 5.73 Å². The van der Waals surface area contributed by atoms with Gasteiger partial charge in [-0.15, -0.1) is 0 Å². The Morgan fingerprint density at radius 2 is 1.83 bits per heavy atom. The number of nitrogens with zero attached hydrogens (tertiary/aromatic N) is 4. The van der Waals surface area contributed by atoms with Crippen LogP contribution in [0, 0.1) is 0 Å². The fraction of sp³-hybridized carbons (Fsp3) is 0.250. The number of nitrogens with two attached hydrogens (primary N) is 1. The molecular formula is C20H19Cl2N5O2. The van der Waals surface area contributed by atoms with Gasteiger partial charge in [0.25, 0.3) is 0 Å². The molecule has 29 heavy (non-hydrogen) atoms. The van der Waals surface area contributed by atoms with E-state index >= 15 is 0 Å². The summed E-state index contributed by atoms with van der Waals surface area (Å²) in [5.41, 5.74) is 9.00. The van der Waals surface area contributed by atoms with Crippen molar-refractivity contribution in [2.24, 2.45) is 0 Å². The first kappa shape index (κ1) is 19.8. The first-order valence-corrected chi connectivity index (χ1v) is 9.66. The fourth-order valence-corrected chi connectivity index (χ4v) is 3.63. The van der Waals surface area contributed by atoms with Gasteiger partial charge in [0.2, 0.25) is 0 Å². The second-order valence-electron chi connectivity index (χ2n) is 7.50. The Kier molecular flexibility index (Phi) is 4.86. The number of rotatable bonds is 4. The van der Waals surface area contributed by atoms with Crippen LogP contribution in [0.5, 0.6) is 0 Å². The van der Waals surface area contributed by atoms with Gasteiger partial charge in [0.15, 0.2) is 5.82 Å². The van der Waals surface area contributed by atoms with Gasteiger partial charge in [-0.25, -0.2) is 9.97 Å². The summed E-state index contributed by atoms with van der Waals surface area (Å²) in [6.45, 7) is 3.28. The molecule has 0 amide bonds. The van der Waals surface area contributed by atoms with Crippen LogP contribution in [0.1, 0.15) is 19.7 Å². The van der Waals surface area contributed by atoms with Crippen molar-refractivity contribution in [1.29, 1.82) is 0 Å². The Morgan fingerprint density at radius 1 is 1.07 bits per heavy atom. The molecule has 0 fully saturated rings. The van der Waals surface area contributed by atoms with Gasteiger partial charge in [-0.05, 0) is 37.6 Å². The average molecular weight is 432 g/mol. The summed E-state index contributed by atoms with van der Waals surface area (Å²) in [4.78, 5) is 13.5. The number of imidazole rings is 1. The third-order valence-corrected chi connectivity index (χ3v) is 5.30. The van der Waals surface area contributed by atoms with E-state index in [4.69, 9.17) is 28.9 Å². The number of pyridine rings is 2. The topological polar surface area (TPSA) is 110 Å². The maximum absolute atomic E-state index is 10.3. The maximum Gasteiger partial charge on any atom is 0.152 e. The summed E-state index contributed by atoms with van der Waals surface area (Å²) in [7, 11) is 0. The molecule has 0 unspecified atom stereocenters. The van der Waals surface area contributed by atoms with Gasteiger partial charge >= 0.3 is 0 Å². The second-order valence-corrected chi connectivity index (χ2v) is 8.31. The van der Waals surface area contributed by atoms with E-state index in [1.54, 1.807) is 36.7 Å². The molecular weight excluding hydrogens is 413 g/mol. The molecule has 0 atom stereocenters. The number of hydrogen-bond donors (Lipinski definition) is 3. The van der Waals surface area contributed by atoms with Crippen molar-refractivity contribution in [1.82, 2.24) is 19.5 Å². The van der Waals surface area contributed by atoms with Gasteiger partial charge in [-0.3, -0.25) is 4.98 Å². The highest BCUT2D eigenvalue weighted by atomic mass is 35.5. The Balaban J connectivity index is 1.98. The minimum Gasteiger partial charge on any atom is -0.389 e. The molecule has 0 aliphatic heterocycles. The first-order chi connectivity index (χ1) is 13.7. The van der Waals surface area contributed by atoms with Crippen LogP contribution in [0.4, 0.5) is 5.82 Å². The molecule has 150 valence electrons. The molecule has 0 bridgehead atoms. The molecule has 3 aromatic heterocycles. The minimum absolute atomic E-state index is 0.216. The summed E-state index contributed by atoms with van der Waals surface area (Å²) >= 11 is 12.1. The molecule has 1 aromatic carbocycles. The van der Waals surface area contributed by atoms with Crippen molar-refractivity contribution >= 4 is 51.1 Å². The predicted octanol–water partition coefficient (Wildman–Crippen LogP) is 3.80. The second kappa shape index (κ2) is 7.11. The molecule has 0 aliphatic rings. The van der Waals surface area contributed by atoms with Crippen LogP contribution in [0.25, 0.3) is 33.2 Å². The molecule has 4 aromatic rings. The van der Waals surface area contributed by atoms with E-state index in [9.17, 15) is 10.2 Å². The van der Waals surface area contributed by atoms with Crippen molar-refractivity contribution in [2.75, 3.05) is 5.73 Å². The fourth-order valence-electron chi connectivity index (χ4n) is 3.33.